The molecule has 1 aliphatic rings. The Kier molecular flexibility index (Phi) is 4.43. The van der Waals surface area contributed by atoms with E-state index < -0.39 is 18.1 Å². The van der Waals surface area contributed by atoms with Gasteiger partial charge in [0.05, 0.1) is 0 Å². The fraction of sp³-hybridized carbons (Fsp3) is 0.278. The number of urea groups is 1. The van der Waals surface area contributed by atoms with Gasteiger partial charge in [-0.2, -0.15) is 13.2 Å². The van der Waals surface area contributed by atoms with Crippen molar-refractivity contribution in [2.75, 3.05) is 5.32 Å². The zero-order valence-electron chi connectivity index (χ0n) is 14.1. The standard InChI is InChI=1S/C18H17F3N2O3/c1-11(2)12-7-9-13(10-8-12)22-16(24)23-18(17(19,20)21)25-14-5-3-4-6-15(14)26-18/h3-11H,1-2H3,(H2,22,23,24). The van der Waals surface area contributed by atoms with Gasteiger partial charge in [0.2, 0.25) is 0 Å². The van der Waals surface area contributed by atoms with Crippen LogP contribution in [0.5, 0.6) is 11.5 Å². The fourth-order valence-corrected chi connectivity index (χ4v) is 2.45. The lowest BCUT2D eigenvalue weighted by Gasteiger charge is -2.29. The highest BCUT2D eigenvalue weighted by atomic mass is 19.4. The summed E-state index contributed by atoms with van der Waals surface area (Å²) in [6.45, 7) is 4.02. The lowest BCUT2D eigenvalue weighted by Crippen LogP contribution is -2.65. The number of benzene rings is 2. The van der Waals surface area contributed by atoms with Crippen LogP contribution in [0.4, 0.5) is 23.7 Å². The molecular weight excluding hydrogens is 349 g/mol. The highest BCUT2D eigenvalue weighted by molar-refractivity contribution is 5.89. The minimum atomic E-state index is -5.00. The largest absolute Gasteiger partial charge is 0.492 e. The average Bonchev–Trinajstić information content (AvgIpc) is 2.94. The van der Waals surface area contributed by atoms with Crippen molar-refractivity contribution in [3.63, 3.8) is 0 Å². The first-order chi connectivity index (χ1) is 12.2. The van der Waals surface area contributed by atoms with E-state index in [4.69, 9.17) is 9.47 Å². The van der Waals surface area contributed by atoms with Crippen LogP contribution in [0.25, 0.3) is 0 Å². The maximum Gasteiger partial charge on any atom is 0.492 e. The fourth-order valence-electron chi connectivity index (χ4n) is 2.45. The Morgan fingerprint density at radius 3 is 2.00 bits per heavy atom. The topological polar surface area (TPSA) is 59.6 Å². The molecule has 1 heterocycles. The van der Waals surface area contributed by atoms with Crippen LogP contribution in [0.3, 0.4) is 0 Å². The molecule has 0 fully saturated rings. The number of para-hydroxylation sites is 2. The van der Waals surface area contributed by atoms with E-state index in [9.17, 15) is 18.0 Å². The third-order valence-corrected chi connectivity index (χ3v) is 3.84. The molecule has 2 N–H and O–H groups in total. The van der Waals surface area contributed by atoms with E-state index in [-0.39, 0.29) is 11.5 Å². The van der Waals surface area contributed by atoms with Crippen molar-refractivity contribution < 1.29 is 27.4 Å². The van der Waals surface area contributed by atoms with Crippen LogP contribution in [-0.2, 0) is 0 Å². The molecule has 0 aliphatic carbocycles. The van der Waals surface area contributed by atoms with E-state index in [0.717, 1.165) is 5.56 Å². The number of fused-ring (bicyclic) bond motifs is 1. The summed E-state index contributed by atoms with van der Waals surface area (Å²) in [5, 5.41) is 4.09. The molecule has 0 aromatic heterocycles. The van der Waals surface area contributed by atoms with Crippen molar-refractivity contribution in [1.29, 1.82) is 0 Å². The molecule has 8 heteroatoms. The average molecular weight is 366 g/mol. The SMILES string of the molecule is CC(C)c1ccc(NC(=O)NC2(C(F)(F)F)Oc3ccccc3O2)cc1. The molecule has 0 saturated heterocycles. The number of rotatable bonds is 3. The van der Waals surface area contributed by atoms with Crippen molar-refractivity contribution >= 4 is 11.7 Å². The summed E-state index contributed by atoms with van der Waals surface area (Å²) in [6.07, 6.45) is -5.00. The minimum Gasteiger partial charge on any atom is -0.424 e. The predicted octanol–water partition coefficient (Wildman–Crippen LogP) is 4.62. The summed E-state index contributed by atoms with van der Waals surface area (Å²) >= 11 is 0. The summed E-state index contributed by atoms with van der Waals surface area (Å²) in [6, 6.07) is 11.4. The third-order valence-electron chi connectivity index (χ3n) is 3.84. The second-order valence-corrected chi connectivity index (χ2v) is 6.12. The monoisotopic (exact) mass is 366 g/mol. The molecule has 0 spiro atoms. The molecule has 3 rings (SSSR count). The molecule has 1 aliphatic heterocycles. The predicted molar refractivity (Wildman–Crippen MR) is 89.2 cm³/mol. The smallest absolute Gasteiger partial charge is 0.424 e. The van der Waals surface area contributed by atoms with E-state index >= 15 is 0 Å². The number of hydrogen-bond acceptors (Lipinski definition) is 3. The number of hydrogen-bond donors (Lipinski definition) is 2. The number of alkyl halides is 3. The van der Waals surface area contributed by atoms with Crippen LogP contribution in [0, 0.1) is 0 Å². The first kappa shape index (κ1) is 17.9. The maximum absolute atomic E-state index is 13.5. The van der Waals surface area contributed by atoms with Crippen LogP contribution < -0.4 is 20.1 Å². The highest BCUT2D eigenvalue weighted by Crippen LogP contribution is 2.44. The van der Waals surface area contributed by atoms with Gasteiger partial charge in [-0.25, -0.2) is 4.79 Å². The van der Waals surface area contributed by atoms with E-state index in [1.54, 1.807) is 29.6 Å². The Bertz CT molecular complexity index is 779. The molecule has 2 aromatic carbocycles. The zero-order valence-corrected chi connectivity index (χ0v) is 14.1. The van der Waals surface area contributed by atoms with Gasteiger partial charge in [-0.05, 0) is 35.7 Å². The van der Waals surface area contributed by atoms with Gasteiger partial charge in [0.15, 0.2) is 11.5 Å². The van der Waals surface area contributed by atoms with Crippen LogP contribution in [0.2, 0.25) is 0 Å². The lowest BCUT2D eigenvalue weighted by molar-refractivity contribution is -0.317. The van der Waals surface area contributed by atoms with Crippen molar-refractivity contribution in [1.82, 2.24) is 5.32 Å². The molecular formula is C18H17F3N2O3. The van der Waals surface area contributed by atoms with Gasteiger partial charge in [0.25, 0.3) is 0 Å². The molecule has 0 bridgehead atoms. The van der Waals surface area contributed by atoms with Crippen LogP contribution in [0.1, 0.15) is 25.3 Å². The molecule has 0 saturated carbocycles. The quantitative estimate of drug-likeness (QED) is 0.833. The normalized spacial score (nSPS) is 15.0. The van der Waals surface area contributed by atoms with E-state index in [1.807, 2.05) is 13.8 Å². The van der Waals surface area contributed by atoms with Gasteiger partial charge in [0, 0.05) is 5.69 Å². The van der Waals surface area contributed by atoms with Crippen molar-refractivity contribution in [3.8, 4) is 11.5 Å². The van der Waals surface area contributed by atoms with Crippen LogP contribution >= 0.6 is 0 Å². The highest BCUT2D eigenvalue weighted by Gasteiger charge is 2.65. The lowest BCUT2D eigenvalue weighted by atomic mass is 10.0. The minimum absolute atomic E-state index is 0.105. The molecule has 0 unspecified atom stereocenters. The third kappa shape index (κ3) is 3.40. The van der Waals surface area contributed by atoms with Crippen LogP contribution in [-0.4, -0.2) is 18.1 Å². The van der Waals surface area contributed by atoms with Gasteiger partial charge in [0.1, 0.15) is 0 Å². The second-order valence-electron chi connectivity index (χ2n) is 6.12. The number of halogens is 3. The Labute approximate surface area is 148 Å². The van der Waals surface area contributed by atoms with Crippen molar-refractivity contribution in [3.05, 3.63) is 54.1 Å². The maximum atomic E-state index is 13.5. The van der Waals surface area contributed by atoms with E-state index in [0.29, 0.717) is 11.6 Å². The van der Waals surface area contributed by atoms with Gasteiger partial charge in [-0.15, -0.1) is 0 Å². The van der Waals surface area contributed by atoms with Crippen LogP contribution in [0.15, 0.2) is 48.5 Å². The Morgan fingerprint density at radius 1 is 1.00 bits per heavy atom. The summed E-state index contributed by atoms with van der Waals surface area (Å²) in [7, 11) is 0. The van der Waals surface area contributed by atoms with Gasteiger partial charge in [-0.3, -0.25) is 5.32 Å². The Balaban J connectivity index is 1.75. The molecule has 2 aromatic rings. The number of amides is 2. The molecule has 0 radical (unpaired) electrons. The summed E-state index contributed by atoms with van der Waals surface area (Å²) in [4.78, 5) is 12.1. The molecule has 2 amide bonds. The zero-order chi connectivity index (χ0) is 18.9. The molecule has 0 atom stereocenters. The second kappa shape index (κ2) is 6.44. The summed E-state index contributed by atoms with van der Waals surface area (Å²) < 4.78 is 50.4. The van der Waals surface area contributed by atoms with Gasteiger partial charge >= 0.3 is 18.1 Å². The number of carbonyl (C=O) groups is 1. The number of anilines is 1. The number of nitrogens with one attached hydrogen (secondary N) is 2. The van der Waals surface area contributed by atoms with E-state index in [1.165, 1.54) is 24.3 Å². The van der Waals surface area contributed by atoms with Gasteiger partial charge < -0.3 is 14.8 Å². The molecule has 138 valence electrons. The Hall–Kier alpha value is -2.90. The summed E-state index contributed by atoms with van der Waals surface area (Å²) in [5.41, 5.74) is 1.39. The first-order valence-corrected chi connectivity index (χ1v) is 7.93. The Morgan fingerprint density at radius 2 is 1.54 bits per heavy atom. The molecule has 5 nitrogen and oxygen atoms in total. The van der Waals surface area contributed by atoms with Crippen molar-refractivity contribution in [2.24, 2.45) is 0 Å². The van der Waals surface area contributed by atoms with Gasteiger partial charge in [-0.1, -0.05) is 38.1 Å². The molecule has 26 heavy (non-hydrogen) atoms. The van der Waals surface area contributed by atoms with E-state index in [2.05, 4.69) is 5.32 Å². The summed E-state index contributed by atoms with van der Waals surface area (Å²) in [5.74, 6) is -3.19. The van der Waals surface area contributed by atoms with Crippen molar-refractivity contribution in [2.45, 2.75) is 31.9 Å². The number of ether oxygens (including phenoxy) is 2. The first-order valence-electron chi connectivity index (χ1n) is 7.93. The number of carbonyl (C=O) groups excluding carboxylic acids is 1.